The van der Waals surface area contributed by atoms with Crippen LogP contribution in [0.25, 0.3) is 0 Å². The number of unbranched alkanes of at least 4 members (excludes halogenated alkanes) is 12. The van der Waals surface area contributed by atoms with Gasteiger partial charge in [0.05, 0.1) is 0 Å². The highest BCUT2D eigenvalue weighted by Crippen LogP contribution is 2.15. The molecule has 1 aliphatic rings. The molecule has 2 heteroatoms. The van der Waals surface area contributed by atoms with Crippen molar-refractivity contribution in [2.24, 2.45) is 0 Å². The maximum Gasteiger partial charge on any atom is 0.157 e. The van der Waals surface area contributed by atoms with Gasteiger partial charge in [0, 0.05) is 13.2 Å². The summed E-state index contributed by atoms with van der Waals surface area (Å²) in [5.74, 6) is 0. The second-order valence-corrected chi connectivity index (χ2v) is 7.60. The van der Waals surface area contributed by atoms with E-state index in [1.807, 2.05) is 0 Å². The fourth-order valence-electron chi connectivity index (χ4n) is 3.39. The lowest BCUT2D eigenvalue weighted by Gasteiger charge is -2.22. The molecule has 0 aromatic carbocycles. The van der Waals surface area contributed by atoms with E-state index in [4.69, 9.17) is 9.47 Å². The van der Waals surface area contributed by atoms with E-state index in [-0.39, 0.29) is 6.29 Å². The lowest BCUT2D eigenvalue weighted by atomic mass is 10.1. The van der Waals surface area contributed by atoms with E-state index in [1.165, 1.54) is 103 Å². The first-order chi connectivity index (χ1) is 12.4. The Hall–Kier alpha value is -0.340. The highest BCUT2D eigenvalue weighted by atomic mass is 16.7. The summed E-state index contributed by atoms with van der Waals surface area (Å²) in [6.07, 6.45) is 27.4. The highest BCUT2D eigenvalue weighted by Gasteiger charge is 2.13. The molecule has 1 aliphatic heterocycles. The molecular formula is C23H44O2. The van der Waals surface area contributed by atoms with Gasteiger partial charge in [-0.15, -0.1) is 0 Å². The van der Waals surface area contributed by atoms with Crippen molar-refractivity contribution in [1.82, 2.24) is 0 Å². The van der Waals surface area contributed by atoms with Gasteiger partial charge in [0.1, 0.15) is 0 Å². The summed E-state index contributed by atoms with van der Waals surface area (Å²) in [6, 6.07) is 0. The van der Waals surface area contributed by atoms with Gasteiger partial charge in [-0.3, -0.25) is 0 Å². The fraction of sp³-hybridized carbons (Fsp3) is 0.913. The lowest BCUT2D eigenvalue weighted by Crippen LogP contribution is -2.22. The van der Waals surface area contributed by atoms with Gasteiger partial charge in [0.15, 0.2) is 6.29 Å². The predicted molar refractivity (Wildman–Crippen MR) is 109 cm³/mol. The van der Waals surface area contributed by atoms with Crippen LogP contribution in [0.2, 0.25) is 0 Å². The molecule has 148 valence electrons. The average Bonchev–Trinajstić information content (AvgIpc) is 2.65. The molecule has 0 saturated carbocycles. The lowest BCUT2D eigenvalue weighted by molar-refractivity contribution is -0.162. The Morgan fingerprint density at radius 1 is 0.760 bits per heavy atom. The molecule has 0 N–H and O–H groups in total. The fourth-order valence-corrected chi connectivity index (χ4v) is 3.39. The minimum atomic E-state index is 0.0978. The topological polar surface area (TPSA) is 18.5 Å². The van der Waals surface area contributed by atoms with Gasteiger partial charge in [-0.2, -0.15) is 0 Å². The zero-order valence-electron chi connectivity index (χ0n) is 17.0. The Bertz CT molecular complexity index is 282. The second-order valence-electron chi connectivity index (χ2n) is 7.60. The monoisotopic (exact) mass is 352 g/mol. The molecule has 1 atom stereocenters. The Labute approximate surface area is 157 Å². The second kappa shape index (κ2) is 18.5. The van der Waals surface area contributed by atoms with E-state index in [0.717, 1.165) is 19.6 Å². The van der Waals surface area contributed by atoms with E-state index in [1.54, 1.807) is 0 Å². The van der Waals surface area contributed by atoms with E-state index in [9.17, 15) is 0 Å². The van der Waals surface area contributed by atoms with Crippen LogP contribution in [0.1, 0.15) is 116 Å². The van der Waals surface area contributed by atoms with Crippen molar-refractivity contribution in [1.29, 1.82) is 0 Å². The molecule has 25 heavy (non-hydrogen) atoms. The first-order valence-electron chi connectivity index (χ1n) is 11.3. The van der Waals surface area contributed by atoms with E-state index >= 15 is 0 Å². The maximum atomic E-state index is 5.78. The van der Waals surface area contributed by atoms with Crippen LogP contribution in [-0.2, 0) is 9.47 Å². The van der Waals surface area contributed by atoms with Crippen molar-refractivity contribution >= 4 is 0 Å². The molecule has 2 nitrogen and oxygen atoms in total. The van der Waals surface area contributed by atoms with Crippen LogP contribution in [-0.4, -0.2) is 19.5 Å². The molecule has 1 saturated heterocycles. The molecule has 0 aliphatic carbocycles. The van der Waals surface area contributed by atoms with Crippen molar-refractivity contribution in [3.63, 3.8) is 0 Å². The minimum absolute atomic E-state index is 0.0978. The molecule has 0 aromatic rings. The van der Waals surface area contributed by atoms with Gasteiger partial charge < -0.3 is 9.47 Å². The van der Waals surface area contributed by atoms with Gasteiger partial charge in [0.25, 0.3) is 0 Å². The number of hydrogen-bond donors (Lipinski definition) is 0. The quantitative estimate of drug-likeness (QED) is 0.198. The first kappa shape index (κ1) is 22.7. The average molecular weight is 353 g/mol. The predicted octanol–water partition coefficient (Wildman–Crippen LogP) is 7.57. The molecular weight excluding hydrogens is 308 g/mol. The maximum absolute atomic E-state index is 5.78. The van der Waals surface area contributed by atoms with Gasteiger partial charge in [-0.1, -0.05) is 83.3 Å². The van der Waals surface area contributed by atoms with Crippen molar-refractivity contribution < 1.29 is 9.47 Å². The van der Waals surface area contributed by atoms with Gasteiger partial charge in [0.2, 0.25) is 0 Å². The van der Waals surface area contributed by atoms with Crippen molar-refractivity contribution in [3.8, 4) is 0 Å². The summed E-state index contributed by atoms with van der Waals surface area (Å²) in [7, 11) is 0. The van der Waals surface area contributed by atoms with Crippen LogP contribution < -0.4 is 0 Å². The smallest absolute Gasteiger partial charge is 0.157 e. The summed E-state index contributed by atoms with van der Waals surface area (Å²) >= 11 is 0. The van der Waals surface area contributed by atoms with Gasteiger partial charge in [-0.25, -0.2) is 0 Å². The molecule has 1 fully saturated rings. The molecule has 0 bridgehead atoms. The van der Waals surface area contributed by atoms with Crippen molar-refractivity contribution in [2.75, 3.05) is 13.2 Å². The Balaban J connectivity index is 1.68. The van der Waals surface area contributed by atoms with Gasteiger partial charge in [-0.05, 0) is 44.9 Å². The van der Waals surface area contributed by atoms with Crippen LogP contribution in [0.3, 0.4) is 0 Å². The number of ether oxygens (including phenoxy) is 2. The summed E-state index contributed by atoms with van der Waals surface area (Å²) in [5, 5.41) is 0. The molecule has 0 amide bonds. The zero-order valence-corrected chi connectivity index (χ0v) is 17.0. The number of hydrogen-bond acceptors (Lipinski definition) is 2. The molecule has 1 rings (SSSR count). The largest absolute Gasteiger partial charge is 0.353 e. The molecule has 0 radical (unpaired) electrons. The Morgan fingerprint density at radius 3 is 1.96 bits per heavy atom. The normalized spacial score (nSPS) is 18.2. The molecule has 0 aromatic heterocycles. The highest BCUT2D eigenvalue weighted by molar-refractivity contribution is 4.81. The minimum Gasteiger partial charge on any atom is -0.353 e. The molecule has 1 unspecified atom stereocenters. The third-order valence-corrected chi connectivity index (χ3v) is 5.10. The Morgan fingerprint density at radius 2 is 1.36 bits per heavy atom. The van der Waals surface area contributed by atoms with Crippen LogP contribution in [0.15, 0.2) is 12.2 Å². The number of allylic oxidation sites excluding steroid dienone is 2. The van der Waals surface area contributed by atoms with Crippen LogP contribution >= 0.6 is 0 Å². The number of rotatable bonds is 17. The summed E-state index contributed by atoms with van der Waals surface area (Å²) in [5.41, 5.74) is 0. The van der Waals surface area contributed by atoms with E-state index in [0.29, 0.717) is 0 Å². The SMILES string of the molecule is CCCC/C=C\CCCCCCCCCCCCOC1CCCCO1. The van der Waals surface area contributed by atoms with E-state index < -0.39 is 0 Å². The summed E-state index contributed by atoms with van der Waals surface area (Å²) < 4.78 is 11.4. The third-order valence-electron chi connectivity index (χ3n) is 5.10. The molecule has 1 heterocycles. The molecule has 0 spiro atoms. The third kappa shape index (κ3) is 15.6. The van der Waals surface area contributed by atoms with Crippen LogP contribution in [0.5, 0.6) is 0 Å². The van der Waals surface area contributed by atoms with Gasteiger partial charge >= 0.3 is 0 Å². The zero-order chi connectivity index (χ0) is 17.8. The Kier molecular flexibility index (Phi) is 16.8. The summed E-state index contributed by atoms with van der Waals surface area (Å²) in [6.45, 7) is 4.04. The van der Waals surface area contributed by atoms with E-state index in [2.05, 4.69) is 19.1 Å². The van der Waals surface area contributed by atoms with Crippen molar-refractivity contribution in [3.05, 3.63) is 12.2 Å². The first-order valence-corrected chi connectivity index (χ1v) is 11.3. The van der Waals surface area contributed by atoms with Crippen LogP contribution in [0.4, 0.5) is 0 Å². The van der Waals surface area contributed by atoms with Crippen LogP contribution in [0, 0.1) is 0 Å². The standard InChI is InChI=1S/C23H44O2/c1-2-3-4-5-6-7-8-9-10-11-12-13-14-15-16-18-21-24-23-20-17-19-22-25-23/h5-6,23H,2-4,7-22H2,1H3/b6-5-. The summed E-state index contributed by atoms with van der Waals surface area (Å²) in [4.78, 5) is 0. The van der Waals surface area contributed by atoms with Crippen molar-refractivity contribution in [2.45, 2.75) is 122 Å².